The van der Waals surface area contributed by atoms with Gasteiger partial charge >= 0.3 is 5.97 Å². The van der Waals surface area contributed by atoms with Crippen molar-refractivity contribution in [1.82, 2.24) is 10.2 Å². The number of nitrogens with one attached hydrogen (secondary N) is 1. The van der Waals surface area contributed by atoms with E-state index in [1.54, 1.807) is 24.3 Å². The van der Waals surface area contributed by atoms with Crippen molar-refractivity contribution in [3.63, 3.8) is 0 Å². The largest absolute Gasteiger partial charge is 0.468 e. The van der Waals surface area contributed by atoms with Gasteiger partial charge in [0.15, 0.2) is 4.34 Å². The average molecular weight is 490 g/mol. The zero-order chi connectivity index (χ0) is 22.9. The number of carbonyl (C=O) groups is 2. The molecule has 1 N–H and O–H groups in total. The van der Waals surface area contributed by atoms with Crippen molar-refractivity contribution in [2.24, 2.45) is 0 Å². The second kappa shape index (κ2) is 12.0. The number of anilines is 1. The summed E-state index contributed by atoms with van der Waals surface area (Å²) in [4.78, 5) is 24.7. The van der Waals surface area contributed by atoms with Gasteiger partial charge in [0.25, 0.3) is 5.91 Å². The Hall–Kier alpha value is -2.42. The number of ether oxygens (including phenoxy) is 1. The van der Waals surface area contributed by atoms with E-state index in [4.69, 9.17) is 16.3 Å². The Morgan fingerprint density at radius 1 is 1.09 bits per heavy atom. The van der Waals surface area contributed by atoms with Crippen molar-refractivity contribution >= 4 is 51.7 Å². The zero-order valence-corrected chi connectivity index (χ0v) is 20.2. The van der Waals surface area contributed by atoms with Crippen LogP contribution in [-0.2, 0) is 22.4 Å². The molecular weight excluding hydrogens is 466 g/mol. The van der Waals surface area contributed by atoms with E-state index in [0.29, 0.717) is 26.5 Å². The molecular formula is C23H24ClN3O3S2. The summed E-state index contributed by atoms with van der Waals surface area (Å²) in [5.74, 6) is -0.631. The number of methoxy groups -OCH3 is 1. The van der Waals surface area contributed by atoms with Gasteiger partial charge in [-0.25, -0.2) is 0 Å². The Morgan fingerprint density at radius 2 is 1.78 bits per heavy atom. The van der Waals surface area contributed by atoms with Crippen LogP contribution in [0.3, 0.4) is 0 Å². The summed E-state index contributed by atoms with van der Waals surface area (Å²) < 4.78 is 5.56. The lowest BCUT2D eigenvalue weighted by molar-refractivity contribution is -0.139. The molecule has 1 amide bonds. The number of halogens is 1. The van der Waals surface area contributed by atoms with Crippen LogP contribution >= 0.6 is 34.7 Å². The fourth-order valence-corrected chi connectivity index (χ4v) is 5.12. The van der Waals surface area contributed by atoms with Crippen LogP contribution < -0.4 is 5.32 Å². The van der Waals surface area contributed by atoms with Crippen LogP contribution in [0, 0.1) is 0 Å². The van der Waals surface area contributed by atoms with E-state index in [0.717, 1.165) is 24.8 Å². The van der Waals surface area contributed by atoms with Crippen molar-refractivity contribution in [3.05, 3.63) is 70.2 Å². The zero-order valence-electron chi connectivity index (χ0n) is 17.8. The number of carbonyl (C=O) groups excluding carboxylic acids is 2. The molecule has 0 radical (unpaired) electrons. The van der Waals surface area contributed by atoms with E-state index in [2.05, 4.69) is 46.7 Å². The van der Waals surface area contributed by atoms with Gasteiger partial charge in [-0.3, -0.25) is 14.9 Å². The van der Waals surface area contributed by atoms with Crippen LogP contribution in [-0.4, -0.2) is 34.4 Å². The minimum absolute atomic E-state index is 0.304. The normalized spacial score (nSPS) is 11.7. The quantitative estimate of drug-likeness (QED) is 0.225. The minimum atomic E-state index is -0.464. The predicted molar refractivity (Wildman–Crippen MR) is 130 cm³/mol. The summed E-state index contributed by atoms with van der Waals surface area (Å²) in [7, 11) is 1.38. The minimum Gasteiger partial charge on any atom is -0.468 e. The first-order valence-corrected chi connectivity index (χ1v) is 12.3. The maximum atomic E-state index is 12.4. The summed E-state index contributed by atoms with van der Waals surface area (Å²) in [6, 6.07) is 14.9. The lowest BCUT2D eigenvalue weighted by atomic mass is 10.0. The molecule has 1 unspecified atom stereocenters. The van der Waals surface area contributed by atoms with E-state index < -0.39 is 5.25 Å². The maximum Gasteiger partial charge on any atom is 0.319 e. The standard InChI is InChI=1S/C23H24ClN3O3S2/c1-3-4-5-15-6-8-16(9-7-15)14-19(21(29)30-2)31-23-27-26-22(32-23)25-20(28)17-10-12-18(24)13-11-17/h6-13,19H,3-5,14H2,1-2H3,(H,25,26,28). The average Bonchev–Trinajstić information content (AvgIpc) is 3.24. The molecule has 3 aromatic rings. The van der Waals surface area contributed by atoms with E-state index in [9.17, 15) is 9.59 Å². The smallest absolute Gasteiger partial charge is 0.319 e. The van der Waals surface area contributed by atoms with Crippen molar-refractivity contribution < 1.29 is 14.3 Å². The molecule has 0 saturated carbocycles. The molecule has 3 rings (SSSR count). The third kappa shape index (κ3) is 7.05. The highest BCUT2D eigenvalue weighted by Gasteiger charge is 2.23. The molecule has 1 heterocycles. The monoisotopic (exact) mass is 489 g/mol. The molecule has 1 aromatic heterocycles. The fourth-order valence-electron chi connectivity index (χ4n) is 2.94. The molecule has 0 fully saturated rings. The van der Waals surface area contributed by atoms with E-state index in [1.165, 1.54) is 35.8 Å². The molecule has 32 heavy (non-hydrogen) atoms. The Labute approximate surface area is 200 Å². The Balaban J connectivity index is 1.63. The van der Waals surface area contributed by atoms with E-state index in [-0.39, 0.29) is 11.9 Å². The van der Waals surface area contributed by atoms with Gasteiger partial charge in [0, 0.05) is 10.6 Å². The SMILES string of the molecule is CCCCc1ccc(CC(Sc2nnc(NC(=O)c3ccc(Cl)cc3)s2)C(=O)OC)cc1. The van der Waals surface area contributed by atoms with Crippen LogP contribution in [0.1, 0.15) is 41.3 Å². The molecule has 0 spiro atoms. The molecule has 2 aromatic carbocycles. The molecule has 0 aliphatic carbocycles. The number of thioether (sulfide) groups is 1. The first-order valence-electron chi connectivity index (χ1n) is 10.2. The number of amides is 1. The number of nitrogens with zero attached hydrogens (tertiary/aromatic N) is 2. The molecule has 0 aliphatic rings. The third-order valence-corrected chi connectivity index (χ3v) is 7.05. The molecule has 6 nitrogen and oxygen atoms in total. The van der Waals surface area contributed by atoms with Crippen LogP contribution in [0.25, 0.3) is 0 Å². The summed E-state index contributed by atoms with van der Waals surface area (Å²) in [5.41, 5.74) is 2.81. The van der Waals surface area contributed by atoms with Gasteiger partial charge in [-0.05, 0) is 54.7 Å². The highest BCUT2D eigenvalue weighted by Crippen LogP contribution is 2.31. The predicted octanol–water partition coefficient (Wildman–Crippen LogP) is 5.66. The topological polar surface area (TPSA) is 81.2 Å². The number of hydrogen-bond donors (Lipinski definition) is 1. The maximum absolute atomic E-state index is 12.4. The van der Waals surface area contributed by atoms with Gasteiger partial charge in [0.05, 0.1) is 7.11 Å². The highest BCUT2D eigenvalue weighted by atomic mass is 35.5. The Bertz CT molecular complexity index is 1040. The summed E-state index contributed by atoms with van der Waals surface area (Å²) >= 11 is 8.35. The van der Waals surface area contributed by atoms with Crippen LogP contribution in [0.5, 0.6) is 0 Å². The fraction of sp³-hybridized carbons (Fsp3) is 0.304. The van der Waals surface area contributed by atoms with Crippen LogP contribution in [0.15, 0.2) is 52.9 Å². The summed E-state index contributed by atoms with van der Waals surface area (Å²) in [6.07, 6.45) is 3.89. The highest BCUT2D eigenvalue weighted by molar-refractivity contribution is 8.02. The lowest BCUT2D eigenvalue weighted by Crippen LogP contribution is -2.21. The van der Waals surface area contributed by atoms with Crippen molar-refractivity contribution in [1.29, 1.82) is 0 Å². The number of unbranched alkanes of at least 4 members (excludes halogenated alkanes) is 1. The van der Waals surface area contributed by atoms with Gasteiger partial charge in [-0.2, -0.15) is 0 Å². The molecule has 0 bridgehead atoms. The van der Waals surface area contributed by atoms with Gasteiger partial charge < -0.3 is 4.74 Å². The number of hydrogen-bond acceptors (Lipinski definition) is 7. The van der Waals surface area contributed by atoms with Gasteiger partial charge in [0.2, 0.25) is 5.13 Å². The second-order valence-electron chi connectivity index (χ2n) is 7.09. The van der Waals surface area contributed by atoms with Gasteiger partial charge in [-0.1, -0.05) is 72.3 Å². The molecule has 1 atom stereocenters. The number of esters is 1. The van der Waals surface area contributed by atoms with Gasteiger partial charge in [-0.15, -0.1) is 10.2 Å². The van der Waals surface area contributed by atoms with Crippen LogP contribution in [0.4, 0.5) is 5.13 Å². The Morgan fingerprint density at radius 3 is 2.44 bits per heavy atom. The first kappa shape index (κ1) is 24.2. The molecule has 168 valence electrons. The molecule has 9 heteroatoms. The van der Waals surface area contributed by atoms with Crippen molar-refractivity contribution in [2.75, 3.05) is 12.4 Å². The summed E-state index contributed by atoms with van der Waals surface area (Å²) in [5, 5.41) is 11.3. The van der Waals surface area contributed by atoms with Crippen LogP contribution in [0.2, 0.25) is 5.02 Å². The first-order chi connectivity index (χ1) is 15.5. The Kier molecular flexibility index (Phi) is 9.08. The number of aryl methyl sites for hydroxylation is 1. The molecule has 0 aliphatic heterocycles. The van der Waals surface area contributed by atoms with E-state index >= 15 is 0 Å². The van der Waals surface area contributed by atoms with Crippen molar-refractivity contribution in [2.45, 2.75) is 42.2 Å². The molecule has 0 saturated heterocycles. The number of benzene rings is 2. The van der Waals surface area contributed by atoms with E-state index in [1.807, 2.05) is 0 Å². The van der Waals surface area contributed by atoms with Gasteiger partial charge in [0.1, 0.15) is 5.25 Å². The number of aromatic nitrogens is 2. The third-order valence-electron chi connectivity index (χ3n) is 4.70. The lowest BCUT2D eigenvalue weighted by Gasteiger charge is -2.13. The number of rotatable bonds is 10. The summed E-state index contributed by atoms with van der Waals surface area (Å²) in [6.45, 7) is 2.18. The van der Waals surface area contributed by atoms with Crippen molar-refractivity contribution in [3.8, 4) is 0 Å². The second-order valence-corrected chi connectivity index (χ2v) is 9.95.